The molecule has 2 N–H and O–H groups in total. The van der Waals surface area contributed by atoms with Gasteiger partial charge in [-0.15, -0.1) is 0 Å². The molecular formula is C14H12IN3O2. The number of amides is 1. The Balaban J connectivity index is 1.99. The predicted molar refractivity (Wildman–Crippen MR) is 83.8 cm³/mol. The Morgan fingerprint density at radius 3 is 2.70 bits per heavy atom. The van der Waals surface area contributed by atoms with Crippen LogP contribution in [0.4, 0.5) is 0 Å². The Morgan fingerprint density at radius 2 is 2.00 bits per heavy atom. The van der Waals surface area contributed by atoms with E-state index in [1.54, 1.807) is 25.1 Å². The lowest BCUT2D eigenvalue weighted by molar-refractivity contribution is -0.112. The van der Waals surface area contributed by atoms with E-state index in [0.29, 0.717) is 16.7 Å². The third-order valence-corrected chi connectivity index (χ3v) is 3.25. The summed E-state index contributed by atoms with van der Waals surface area (Å²) in [7, 11) is 0. The molecule has 1 amide bonds. The largest absolute Gasteiger partial charge is 0.305 e. The Bertz CT molecular complexity index is 633. The van der Waals surface area contributed by atoms with E-state index in [1.165, 1.54) is 18.6 Å². The smallest absolute Gasteiger partial charge is 0.269 e. The highest BCUT2D eigenvalue weighted by Crippen LogP contribution is 2.22. The van der Waals surface area contributed by atoms with Crippen molar-refractivity contribution in [2.24, 2.45) is 0 Å². The first-order valence-corrected chi connectivity index (χ1v) is 6.92. The molecule has 2 rings (SSSR count). The maximum atomic E-state index is 11.9. The number of nitrogens with zero attached hydrogens (tertiary/aromatic N) is 1. The summed E-state index contributed by atoms with van der Waals surface area (Å²) in [6, 6.07) is 3.21. The molecule has 0 atom stereocenters. The number of carbonyl (C=O) groups excluding carboxylic acids is 2. The average Bonchev–Trinajstić information content (AvgIpc) is 2.44. The van der Waals surface area contributed by atoms with Crippen molar-refractivity contribution in [2.45, 2.75) is 6.92 Å². The highest BCUT2D eigenvalue weighted by atomic mass is 127. The molecule has 6 heteroatoms. The number of hydrogen-bond acceptors (Lipinski definition) is 4. The third kappa shape index (κ3) is 3.53. The maximum absolute atomic E-state index is 11.9. The van der Waals surface area contributed by atoms with Crippen LogP contribution in [-0.2, 0) is 4.79 Å². The van der Waals surface area contributed by atoms with Crippen molar-refractivity contribution in [3.63, 3.8) is 0 Å². The van der Waals surface area contributed by atoms with E-state index < -0.39 is 0 Å². The van der Waals surface area contributed by atoms with Gasteiger partial charge in [0.2, 0.25) is 0 Å². The molecule has 0 unspecified atom stereocenters. The summed E-state index contributed by atoms with van der Waals surface area (Å²) in [6.45, 7) is 1.76. The molecular weight excluding hydrogens is 369 g/mol. The van der Waals surface area contributed by atoms with Gasteiger partial charge in [0.1, 0.15) is 0 Å². The number of halogens is 1. The van der Waals surface area contributed by atoms with Crippen LogP contribution in [0, 0.1) is 0 Å². The zero-order chi connectivity index (χ0) is 14.5. The van der Waals surface area contributed by atoms with Crippen LogP contribution in [0.25, 0.3) is 0 Å². The van der Waals surface area contributed by atoms with Crippen LogP contribution in [0.15, 0.2) is 57.6 Å². The molecule has 102 valence electrons. The standard InChI is InChI=1S/C14H12IN3O2/c1-9-6-12(15)7-11(13(9)19)8-17-18-14(20)10-2-4-16-5-3-10/h2-8,17H,1H3,(H,18,20). The van der Waals surface area contributed by atoms with Crippen LogP contribution in [0.2, 0.25) is 0 Å². The molecule has 0 aliphatic heterocycles. The van der Waals surface area contributed by atoms with E-state index in [0.717, 1.165) is 3.58 Å². The van der Waals surface area contributed by atoms with Crippen LogP contribution in [0.1, 0.15) is 17.3 Å². The van der Waals surface area contributed by atoms with Gasteiger partial charge in [0.25, 0.3) is 5.91 Å². The maximum Gasteiger partial charge on any atom is 0.269 e. The van der Waals surface area contributed by atoms with Crippen LogP contribution in [0.5, 0.6) is 0 Å². The molecule has 1 aromatic rings. The lowest BCUT2D eigenvalue weighted by Crippen LogP contribution is -2.34. The van der Waals surface area contributed by atoms with Gasteiger partial charge in [-0.3, -0.25) is 20.0 Å². The average molecular weight is 381 g/mol. The molecule has 0 spiro atoms. The van der Waals surface area contributed by atoms with Crippen molar-refractivity contribution in [1.29, 1.82) is 0 Å². The van der Waals surface area contributed by atoms with Crippen molar-refractivity contribution >= 4 is 34.3 Å². The second-order valence-electron chi connectivity index (χ2n) is 4.12. The van der Waals surface area contributed by atoms with Gasteiger partial charge in [-0.1, -0.05) is 0 Å². The van der Waals surface area contributed by atoms with Crippen LogP contribution < -0.4 is 10.9 Å². The number of Topliss-reactive ketones (excluding diaryl/α,β-unsaturated/α-hetero) is 1. The summed E-state index contributed by atoms with van der Waals surface area (Å²) in [5.74, 6) is -0.352. The van der Waals surface area contributed by atoms with E-state index in [9.17, 15) is 9.59 Å². The molecule has 0 aromatic carbocycles. The minimum absolute atomic E-state index is 0.0592. The Morgan fingerprint density at radius 1 is 1.30 bits per heavy atom. The second kappa shape index (κ2) is 6.47. The lowest BCUT2D eigenvalue weighted by Gasteiger charge is -2.10. The van der Waals surface area contributed by atoms with Gasteiger partial charge in [-0.25, -0.2) is 0 Å². The van der Waals surface area contributed by atoms with Crippen molar-refractivity contribution in [1.82, 2.24) is 15.8 Å². The number of nitrogens with one attached hydrogen (secondary N) is 2. The highest BCUT2D eigenvalue weighted by molar-refractivity contribution is 14.1. The fraction of sp³-hybridized carbons (Fsp3) is 0.0714. The van der Waals surface area contributed by atoms with Gasteiger partial charge in [0.15, 0.2) is 5.78 Å². The SMILES string of the molecule is CC1=CC(I)=CC(=CNNC(=O)c2ccncc2)C1=O. The molecule has 5 nitrogen and oxygen atoms in total. The van der Waals surface area contributed by atoms with E-state index in [2.05, 4.69) is 38.4 Å². The van der Waals surface area contributed by atoms with Gasteiger partial charge < -0.3 is 5.43 Å². The van der Waals surface area contributed by atoms with E-state index in [4.69, 9.17) is 0 Å². The van der Waals surface area contributed by atoms with Crippen molar-refractivity contribution in [2.75, 3.05) is 0 Å². The molecule has 1 aromatic heterocycles. The summed E-state index contributed by atoms with van der Waals surface area (Å²) in [5.41, 5.74) is 6.81. The third-order valence-electron chi connectivity index (χ3n) is 2.62. The number of hydrogen-bond donors (Lipinski definition) is 2. The fourth-order valence-corrected chi connectivity index (χ4v) is 2.42. The normalized spacial score (nSPS) is 16.5. The fourth-order valence-electron chi connectivity index (χ4n) is 1.62. The van der Waals surface area contributed by atoms with Crippen molar-refractivity contribution in [3.8, 4) is 0 Å². The Hall–Kier alpha value is -1.96. The van der Waals surface area contributed by atoms with Gasteiger partial charge in [0.05, 0.1) is 0 Å². The molecule has 0 radical (unpaired) electrons. The molecule has 0 fully saturated rings. The minimum atomic E-state index is -0.293. The molecule has 1 aliphatic carbocycles. The predicted octanol–water partition coefficient (Wildman–Crippen LogP) is 2.05. The number of aromatic nitrogens is 1. The highest BCUT2D eigenvalue weighted by Gasteiger charge is 2.14. The van der Waals surface area contributed by atoms with Crippen molar-refractivity contribution in [3.05, 3.63) is 63.2 Å². The molecule has 0 saturated carbocycles. The number of pyridine rings is 1. The summed E-state index contributed by atoms with van der Waals surface area (Å²) in [5, 5.41) is 0. The van der Waals surface area contributed by atoms with Crippen LogP contribution >= 0.6 is 22.6 Å². The lowest BCUT2D eigenvalue weighted by atomic mass is 10.0. The van der Waals surface area contributed by atoms with E-state index >= 15 is 0 Å². The van der Waals surface area contributed by atoms with Crippen LogP contribution in [0.3, 0.4) is 0 Å². The monoisotopic (exact) mass is 381 g/mol. The Labute approximate surface area is 130 Å². The van der Waals surface area contributed by atoms with Gasteiger partial charge in [0, 0.05) is 33.3 Å². The first kappa shape index (κ1) is 14.4. The molecule has 0 saturated heterocycles. The summed E-state index contributed by atoms with van der Waals surface area (Å²) in [4.78, 5) is 27.5. The zero-order valence-corrected chi connectivity index (χ0v) is 12.8. The minimum Gasteiger partial charge on any atom is -0.305 e. The van der Waals surface area contributed by atoms with Gasteiger partial charge >= 0.3 is 0 Å². The number of ketones is 1. The quantitative estimate of drug-likeness (QED) is 0.478. The first-order valence-electron chi connectivity index (χ1n) is 5.84. The van der Waals surface area contributed by atoms with E-state index in [1.807, 2.05) is 6.08 Å². The topological polar surface area (TPSA) is 71.1 Å². The number of carbonyl (C=O) groups is 2. The second-order valence-corrected chi connectivity index (χ2v) is 5.37. The summed E-state index contributed by atoms with van der Waals surface area (Å²) in [6.07, 6.45) is 8.13. The van der Waals surface area contributed by atoms with E-state index in [-0.39, 0.29) is 11.7 Å². The van der Waals surface area contributed by atoms with Gasteiger partial charge in [-0.2, -0.15) is 0 Å². The number of hydrazine groups is 1. The number of allylic oxidation sites excluding steroid dienone is 5. The first-order chi connectivity index (χ1) is 9.58. The number of rotatable bonds is 3. The molecule has 0 bridgehead atoms. The molecule has 1 heterocycles. The molecule has 1 aliphatic rings. The summed E-state index contributed by atoms with van der Waals surface area (Å²) < 4.78 is 0.966. The molecule has 20 heavy (non-hydrogen) atoms. The zero-order valence-electron chi connectivity index (χ0n) is 10.7. The van der Waals surface area contributed by atoms with Crippen molar-refractivity contribution < 1.29 is 9.59 Å². The van der Waals surface area contributed by atoms with Crippen LogP contribution in [-0.4, -0.2) is 16.7 Å². The Kier molecular flexibility index (Phi) is 4.67. The van der Waals surface area contributed by atoms with Gasteiger partial charge in [-0.05, 0) is 59.4 Å². The summed E-state index contributed by atoms with van der Waals surface area (Å²) >= 11 is 2.14.